The van der Waals surface area contributed by atoms with E-state index < -0.39 is 5.91 Å². The molecular weight excluding hydrogens is 278 g/mol. The number of nitrogens with one attached hydrogen (secondary N) is 1. The largest absolute Gasteiger partial charge is 0.451 e. The Morgan fingerprint density at radius 2 is 1.68 bits per heavy atom. The van der Waals surface area contributed by atoms with Crippen molar-refractivity contribution in [1.82, 2.24) is 0 Å². The second-order valence-corrected chi connectivity index (χ2v) is 5.23. The summed E-state index contributed by atoms with van der Waals surface area (Å²) in [5, 5.41) is 3.19. The molecule has 0 atom stereocenters. The lowest BCUT2D eigenvalue weighted by Gasteiger charge is -2.07. The van der Waals surface area contributed by atoms with Crippen LogP contribution in [0.25, 0.3) is 11.0 Å². The molecule has 0 fully saturated rings. The minimum absolute atomic E-state index is 0.00426. The number of carbonyl (C=O) groups is 1. The molecule has 0 unspecified atom stereocenters. The zero-order valence-electron chi connectivity index (χ0n) is 12.3. The Balaban J connectivity index is 2.03. The first-order chi connectivity index (χ1) is 10.5. The molecule has 1 aromatic heterocycles. The van der Waals surface area contributed by atoms with Crippen LogP contribution in [0.4, 0.5) is 5.69 Å². The third kappa shape index (κ3) is 2.63. The van der Waals surface area contributed by atoms with Crippen molar-refractivity contribution in [1.29, 1.82) is 0 Å². The Labute approximate surface area is 127 Å². The van der Waals surface area contributed by atoms with Crippen molar-refractivity contribution in [3.63, 3.8) is 0 Å². The van der Waals surface area contributed by atoms with E-state index in [4.69, 9.17) is 4.42 Å². The van der Waals surface area contributed by atoms with Crippen molar-refractivity contribution in [2.75, 3.05) is 5.32 Å². The van der Waals surface area contributed by atoms with E-state index in [-0.39, 0.29) is 11.2 Å². The van der Waals surface area contributed by atoms with Crippen molar-refractivity contribution >= 4 is 22.6 Å². The number of fused-ring (bicyclic) bond motifs is 1. The first-order valence-electron chi connectivity index (χ1n) is 6.96. The number of aryl methyl sites for hydroxylation is 2. The highest BCUT2D eigenvalue weighted by Crippen LogP contribution is 2.18. The summed E-state index contributed by atoms with van der Waals surface area (Å²) >= 11 is 0. The summed E-state index contributed by atoms with van der Waals surface area (Å²) < 4.78 is 5.60. The quantitative estimate of drug-likeness (QED) is 0.784. The number of anilines is 1. The third-order valence-corrected chi connectivity index (χ3v) is 3.60. The van der Waals surface area contributed by atoms with Crippen LogP contribution in [-0.2, 0) is 0 Å². The number of para-hydroxylation sites is 1. The zero-order valence-corrected chi connectivity index (χ0v) is 12.3. The second kappa shape index (κ2) is 5.48. The molecule has 3 aromatic rings. The predicted octanol–water partition coefficient (Wildman–Crippen LogP) is 3.66. The normalized spacial score (nSPS) is 10.6. The highest BCUT2D eigenvalue weighted by Gasteiger charge is 2.13. The fourth-order valence-electron chi connectivity index (χ4n) is 2.24. The van der Waals surface area contributed by atoms with Gasteiger partial charge in [-0.3, -0.25) is 9.59 Å². The summed E-state index contributed by atoms with van der Waals surface area (Å²) in [5.74, 6) is -0.437. The van der Waals surface area contributed by atoms with Crippen LogP contribution in [0.2, 0.25) is 0 Å². The highest BCUT2D eigenvalue weighted by molar-refractivity contribution is 6.02. The van der Waals surface area contributed by atoms with E-state index in [0.29, 0.717) is 16.7 Å². The molecule has 0 aliphatic heterocycles. The molecule has 3 rings (SSSR count). The van der Waals surface area contributed by atoms with E-state index in [1.165, 1.54) is 6.07 Å². The molecule has 4 nitrogen and oxygen atoms in total. The standard InChI is InChI=1S/C18H15NO3/c1-11-8-14-15(20)10-17(22-16(14)9-12(11)2)18(21)19-13-6-4-3-5-7-13/h3-10H,1-2H3,(H,19,21). The molecule has 0 aliphatic rings. The molecule has 22 heavy (non-hydrogen) atoms. The van der Waals surface area contributed by atoms with Crippen molar-refractivity contribution in [2.24, 2.45) is 0 Å². The maximum Gasteiger partial charge on any atom is 0.291 e. The molecule has 1 heterocycles. The Morgan fingerprint density at radius 1 is 1.00 bits per heavy atom. The van der Waals surface area contributed by atoms with Gasteiger partial charge in [-0.15, -0.1) is 0 Å². The monoisotopic (exact) mass is 293 g/mol. The summed E-state index contributed by atoms with van der Waals surface area (Å²) in [6, 6.07) is 13.8. The Morgan fingerprint density at radius 3 is 2.41 bits per heavy atom. The second-order valence-electron chi connectivity index (χ2n) is 5.23. The van der Waals surface area contributed by atoms with Crippen LogP contribution in [0.3, 0.4) is 0 Å². The predicted molar refractivity (Wildman–Crippen MR) is 86.4 cm³/mol. The lowest BCUT2D eigenvalue weighted by Crippen LogP contribution is -2.15. The number of rotatable bonds is 2. The summed E-state index contributed by atoms with van der Waals surface area (Å²) in [5.41, 5.74) is 2.88. The molecule has 0 saturated carbocycles. The van der Waals surface area contributed by atoms with Crippen LogP contribution in [0.15, 0.2) is 57.7 Å². The molecule has 0 spiro atoms. The molecule has 4 heteroatoms. The average Bonchev–Trinajstić information content (AvgIpc) is 2.50. The fraction of sp³-hybridized carbons (Fsp3) is 0.111. The topological polar surface area (TPSA) is 59.3 Å². The lowest BCUT2D eigenvalue weighted by atomic mass is 10.1. The maximum absolute atomic E-state index is 12.2. The van der Waals surface area contributed by atoms with E-state index in [0.717, 1.165) is 11.1 Å². The number of benzene rings is 2. The Hall–Kier alpha value is -2.88. The first-order valence-corrected chi connectivity index (χ1v) is 6.96. The average molecular weight is 293 g/mol. The molecule has 1 amide bonds. The lowest BCUT2D eigenvalue weighted by molar-refractivity contribution is 0.0997. The molecule has 0 bridgehead atoms. The van der Waals surface area contributed by atoms with Gasteiger partial charge in [0.2, 0.25) is 0 Å². The summed E-state index contributed by atoms with van der Waals surface area (Å²) in [6.07, 6.45) is 0. The van der Waals surface area contributed by atoms with E-state index in [9.17, 15) is 9.59 Å². The van der Waals surface area contributed by atoms with Gasteiger partial charge in [0.25, 0.3) is 5.91 Å². The molecule has 0 aliphatic carbocycles. The molecule has 0 radical (unpaired) electrons. The number of carbonyl (C=O) groups excluding carboxylic acids is 1. The molecular formula is C18H15NO3. The van der Waals surface area contributed by atoms with Gasteiger partial charge in [0.05, 0.1) is 5.39 Å². The number of hydrogen-bond donors (Lipinski definition) is 1. The summed E-state index contributed by atoms with van der Waals surface area (Å²) in [4.78, 5) is 24.4. The summed E-state index contributed by atoms with van der Waals surface area (Å²) in [6.45, 7) is 3.87. The third-order valence-electron chi connectivity index (χ3n) is 3.60. The molecule has 110 valence electrons. The number of amides is 1. The van der Waals surface area contributed by atoms with Crippen LogP contribution in [-0.4, -0.2) is 5.91 Å². The smallest absolute Gasteiger partial charge is 0.291 e. The van der Waals surface area contributed by atoms with Crippen LogP contribution in [0, 0.1) is 13.8 Å². The van der Waals surface area contributed by atoms with Gasteiger partial charge in [-0.25, -0.2) is 0 Å². The van der Waals surface area contributed by atoms with Crippen LogP contribution in [0.5, 0.6) is 0 Å². The zero-order chi connectivity index (χ0) is 15.7. The minimum atomic E-state index is -0.441. The highest BCUT2D eigenvalue weighted by atomic mass is 16.3. The Bertz CT molecular complexity index is 911. The Kier molecular flexibility index (Phi) is 3.51. The number of hydrogen-bond acceptors (Lipinski definition) is 3. The van der Waals surface area contributed by atoms with Gasteiger partial charge < -0.3 is 9.73 Å². The molecule has 1 N–H and O–H groups in total. The van der Waals surface area contributed by atoms with Crippen LogP contribution >= 0.6 is 0 Å². The van der Waals surface area contributed by atoms with Gasteiger partial charge in [-0.1, -0.05) is 18.2 Å². The molecule has 2 aromatic carbocycles. The van der Waals surface area contributed by atoms with Gasteiger partial charge >= 0.3 is 0 Å². The first kappa shape index (κ1) is 14.1. The summed E-state index contributed by atoms with van der Waals surface area (Å²) in [7, 11) is 0. The minimum Gasteiger partial charge on any atom is -0.451 e. The molecule has 0 saturated heterocycles. The van der Waals surface area contributed by atoms with Gasteiger partial charge in [-0.2, -0.15) is 0 Å². The van der Waals surface area contributed by atoms with Gasteiger partial charge in [0.1, 0.15) is 5.58 Å². The van der Waals surface area contributed by atoms with Crippen molar-refractivity contribution in [3.8, 4) is 0 Å². The van der Waals surface area contributed by atoms with Crippen LogP contribution in [0.1, 0.15) is 21.7 Å². The van der Waals surface area contributed by atoms with E-state index in [1.807, 2.05) is 32.0 Å². The maximum atomic E-state index is 12.2. The van der Waals surface area contributed by atoms with Crippen molar-refractivity contribution in [3.05, 3.63) is 75.6 Å². The van der Waals surface area contributed by atoms with Crippen molar-refractivity contribution < 1.29 is 9.21 Å². The van der Waals surface area contributed by atoms with E-state index in [1.54, 1.807) is 24.3 Å². The van der Waals surface area contributed by atoms with Crippen molar-refractivity contribution in [2.45, 2.75) is 13.8 Å². The van der Waals surface area contributed by atoms with Crippen LogP contribution < -0.4 is 10.7 Å². The van der Waals surface area contributed by atoms with Gasteiger partial charge in [0, 0.05) is 11.8 Å². The van der Waals surface area contributed by atoms with Gasteiger partial charge in [-0.05, 0) is 49.2 Å². The van der Waals surface area contributed by atoms with E-state index >= 15 is 0 Å². The SMILES string of the molecule is Cc1cc2oc(C(=O)Nc3ccccc3)cc(=O)c2cc1C. The van der Waals surface area contributed by atoms with Gasteiger partial charge in [0.15, 0.2) is 11.2 Å². The fourth-order valence-corrected chi connectivity index (χ4v) is 2.24. The van der Waals surface area contributed by atoms with E-state index in [2.05, 4.69) is 5.32 Å².